The monoisotopic (exact) mass is 198 g/mol. The van der Waals surface area contributed by atoms with Gasteiger partial charge in [-0.2, -0.15) is 0 Å². The van der Waals surface area contributed by atoms with E-state index in [1.54, 1.807) is 25.4 Å². The van der Waals surface area contributed by atoms with Crippen LogP contribution in [0, 0.1) is 0 Å². The highest BCUT2D eigenvalue weighted by Gasteiger charge is 2.11. The van der Waals surface area contributed by atoms with Crippen molar-refractivity contribution in [1.82, 2.24) is 9.97 Å². The van der Waals surface area contributed by atoms with Crippen LogP contribution in [0.25, 0.3) is 0 Å². The number of carboxylic acid groups (broad SMARTS) is 1. The standard InChI is InChI=1S/C8H10N2O2S/c1-6(8(11)12)13-5-7-9-3-2-4-10-7/h2-4,6H,5H2,1H3,(H,11,12). The largest absolute Gasteiger partial charge is 0.480 e. The van der Waals surface area contributed by atoms with Gasteiger partial charge in [0, 0.05) is 12.4 Å². The lowest BCUT2D eigenvalue weighted by Gasteiger charge is -2.03. The highest BCUT2D eigenvalue weighted by atomic mass is 32.2. The smallest absolute Gasteiger partial charge is 0.316 e. The predicted octanol–water partition coefficient (Wildman–Crippen LogP) is 1.18. The molecule has 0 bridgehead atoms. The summed E-state index contributed by atoms with van der Waals surface area (Å²) in [5.74, 6) is 0.399. The third kappa shape index (κ3) is 3.42. The van der Waals surface area contributed by atoms with Crippen LogP contribution >= 0.6 is 11.8 Å². The van der Waals surface area contributed by atoms with E-state index in [0.29, 0.717) is 11.6 Å². The third-order valence-electron chi connectivity index (χ3n) is 1.43. The maximum atomic E-state index is 10.5. The summed E-state index contributed by atoms with van der Waals surface area (Å²) in [4.78, 5) is 18.4. The quantitative estimate of drug-likeness (QED) is 0.787. The molecule has 1 aromatic rings. The van der Waals surface area contributed by atoms with E-state index in [2.05, 4.69) is 9.97 Å². The molecule has 13 heavy (non-hydrogen) atoms. The van der Waals surface area contributed by atoms with Gasteiger partial charge in [-0.05, 0) is 13.0 Å². The maximum absolute atomic E-state index is 10.5. The molecule has 1 rings (SSSR count). The van der Waals surface area contributed by atoms with Crippen molar-refractivity contribution in [2.45, 2.75) is 17.9 Å². The van der Waals surface area contributed by atoms with Crippen LogP contribution in [0.5, 0.6) is 0 Å². The minimum absolute atomic E-state index is 0.413. The van der Waals surface area contributed by atoms with E-state index >= 15 is 0 Å². The molecule has 1 atom stereocenters. The van der Waals surface area contributed by atoms with Crippen molar-refractivity contribution in [3.8, 4) is 0 Å². The second-order valence-electron chi connectivity index (χ2n) is 2.46. The van der Waals surface area contributed by atoms with Gasteiger partial charge in [0.05, 0.1) is 11.0 Å². The van der Waals surface area contributed by atoms with Crippen LogP contribution in [0.15, 0.2) is 18.5 Å². The molecule has 0 aliphatic heterocycles. The molecule has 0 aromatic carbocycles. The Kier molecular flexibility index (Phi) is 3.70. The zero-order valence-electron chi connectivity index (χ0n) is 7.17. The molecule has 1 heterocycles. The number of hydrogen-bond donors (Lipinski definition) is 1. The highest BCUT2D eigenvalue weighted by Crippen LogP contribution is 2.14. The Morgan fingerprint density at radius 1 is 1.62 bits per heavy atom. The molecule has 1 aromatic heterocycles. The molecule has 5 heteroatoms. The summed E-state index contributed by atoms with van der Waals surface area (Å²) in [7, 11) is 0. The Morgan fingerprint density at radius 3 is 2.77 bits per heavy atom. The average Bonchev–Trinajstić information content (AvgIpc) is 2.15. The van der Waals surface area contributed by atoms with Gasteiger partial charge >= 0.3 is 5.97 Å². The Hall–Kier alpha value is -1.10. The Morgan fingerprint density at radius 2 is 2.23 bits per heavy atom. The molecular weight excluding hydrogens is 188 g/mol. The van der Waals surface area contributed by atoms with Crippen LogP contribution in [0.3, 0.4) is 0 Å². The fourth-order valence-electron chi connectivity index (χ4n) is 0.675. The van der Waals surface area contributed by atoms with Crippen LogP contribution in [0.2, 0.25) is 0 Å². The topological polar surface area (TPSA) is 63.1 Å². The fourth-order valence-corrected chi connectivity index (χ4v) is 1.37. The molecule has 70 valence electrons. The molecule has 0 aliphatic carbocycles. The second-order valence-corrected chi connectivity index (χ2v) is 3.79. The minimum Gasteiger partial charge on any atom is -0.480 e. The van der Waals surface area contributed by atoms with E-state index in [1.807, 2.05) is 0 Å². The first-order chi connectivity index (χ1) is 6.20. The number of nitrogens with zero attached hydrogens (tertiary/aromatic N) is 2. The molecule has 0 spiro atoms. The lowest BCUT2D eigenvalue weighted by molar-refractivity contribution is -0.136. The van der Waals surface area contributed by atoms with Crippen molar-refractivity contribution in [2.24, 2.45) is 0 Å². The van der Waals surface area contributed by atoms with Crippen molar-refractivity contribution >= 4 is 17.7 Å². The van der Waals surface area contributed by atoms with Gasteiger partial charge in [-0.1, -0.05) is 0 Å². The molecule has 0 amide bonds. The number of aromatic nitrogens is 2. The molecule has 0 saturated carbocycles. The number of thioether (sulfide) groups is 1. The van der Waals surface area contributed by atoms with Crippen molar-refractivity contribution in [3.63, 3.8) is 0 Å². The van der Waals surface area contributed by atoms with Gasteiger partial charge in [-0.3, -0.25) is 4.79 Å². The summed E-state index contributed by atoms with van der Waals surface area (Å²) in [6, 6.07) is 1.73. The van der Waals surface area contributed by atoms with Crippen LogP contribution < -0.4 is 0 Å². The van der Waals surface area contributed by atoms with Crippen molar-refractivity contribution in [1.29, 1.82) is 0 Å². The normalized spacial score (nSPS) is 12.4. The molecule has 1 unspecified atom stereocenters. The Bertz CT molecular complexity index is 279. The predicted molar refractivity (Wildman–Crippen MR) is 50.4 cm³/mol. The van der Waals surface area contributed by atoms with Crippen LogP contribution in [0.4, 0.5) is 0 Å². The lowest BCUT2D eigenvalue weighted by atomic mass is 10.5. The van der Waals surface area contributed by atoms with E-state index < -0.39 is 11.2 Å². The van der Waals surface area contributed by atoms with Crippen LogP contribution in [-0.2, 0) is 10.5 Å². The number of carbonyl (C=O) groups is 1. The van der Waals surface area contributed by atoms with E-state index in [9.17, 15) is 4.79 Å². The average molecular weight is 198 g/mol. The number of aliphatic carboxylic acids is 1. The molecule has 4 nitrogen and oxygen atoms in total. The molecule has 0 aliphatic rings. The van der Waals surface area contributed by atoms with E-state index in [0.717, 1.165) is 0 Å². The number of rotatable bonds is 4. The van der Waals surface area contributed by atoms with Crippen molar-refractivity contribution in [3.05, 3.63) is 24.3 Å². The van der Waals surface area contributed by atoms with Gasteiger partial charge in [-0.25, -0.2) is 9.97 Å². The molecule has 1 N–H and O–H groups in total. The SMILES string of the molecule is CC(SCc1ncccn1)C(=O)O. The van der Waals surface area contributed by atoms with Crippen LogP contribution in [-0.4, -0.2) is 26.3 Å². The first-order valence-corrected chi connectivity index (χ1v) is 4.85. The molecule has 0 fully saturated rings. The van der Waals surface area contributed by atoms with E-state index in [4.69, 9.17) is 5.11 Å². The first-order valence-electron chi connectivity index (χ1n) is 3.80. The summed E-state index contributed by atoms with van der Waals surface area (Å²) in [5.41, 5.74) is 0. The highest BCUT2D eigenvalue weighted by molar-refractivity contribution is 7.99. The third-order valence-corrected chi connectivity index (χ3v) is 2.56. The Balaban J connectivity index is 2.39. The zero-order valence-corrected chi connectivity index (χ0v) is 7.99. The van der Waals surface area contributed by atoms with E-state index in [1.165, 1.54) is 11.8 Å². The fraction of sp³-hybridized carbons (Fsp3) is 0.375. The van der Waals surface area contributed by atoms with E-state index in [-0.39, 0.29) is 0 Å². The summed E-state index contributed by atoms with van der Waals surface area (Å²) >= 11 is 1.31. The zero-order chi connectivity index (χ0) is 9.68. The van der Waals surface area contributed by atoms with Gasteiger partial charge in [0.25, 0.3) is 0 Å². The molecular formula is C8H10N2O2S. The second kappa shape index (κ2) is 4.81. The molecule has 0 radical (unpaired) electrons. The van der Waals surface area contributed by atoms with Gasteiger partial charge in [0.2, 0.25) is 0 Å². The summed E-state index contributed by atoms with van der Waals surface area (Å²) in [6.07, 6.45) is 3.29. The summed E-state index contributed by atoms with van der Waals surface area (Å²) in [5, 5.41) is 8.19. The van der Waals surface area contributed by atoms with Gasteiger partial charge in [0.15, 0.2) is 0 Å². The van der Waals surface area contributed by atoms with Gasteiger partial charge in [0.1, 0.15) is 5.82 Å². The van der Waals surface area contributed by atoms with Gasteiger partial charge < -0.3 is 5.11 Å². The van der Waals surface area contributed by atoms with Crippen molar-refractivity contribution < 1.29 is 9.90 Å². The number of hydrogen-bond acceptors (Lipinski definition) is 4. The summed E-state index contributed by atoms with van der Waals surface area (Å²) in [6.45, 7) is 1.65. The number of carboxylic acids is 1. The van der Waals surface area contributed by atoms with Gasteiger partial charge in [-0.15, -0.1) is 11.8 Å². The van der Waals surface area contributed by atoms with Crippen molar-refractivity contribution in [2.75, 3.05) is 0 Å². The van der Waals surface area contributed by atoms with Crippen LogP contribution in [0.1, 0.15) is 12.7 Å². The first kappa shape index (κ1) is 9.98. The lowest BCUT2D eigenvalue weighted by Crippen LogP contribution is -2.11. The Labute approximate surface area is 80.4 Å². The molecule has 0 saturated heterocycles. The minimum atomic E-state index is -0.805. The maximum Gasteiger partial charge on any atom is 0.316 e. The summed E-state index contributed by atoms with van der Waals surface area (Å²) < 4.78 is 0.